The lowest BCUT2D eigenvalue weighted by Crippen LogP contribution is -1.98. The maximum Gasteiger partial charge on any atom is 0.136 e. The van der Waals surface area contributed by atoms with Crippen LogP contribution in [0.15, 0.2) is 23.3 Å². The Bertz CT molecular complexity index is 289. The van der Waals surface area contributed by atoms with E-state index in [1.54, 1.807) is 0 Å². The van der Waals surface area contributed by atoms with Gasteiger partial charge in [0, 0.05) is 12.3 Å². The molecule has 0 unspecified atom stereocenters. The van der Waals surface area contributed by atoms with Crippen molar-refractivity contribution in [3.05, 3.63) is 23.3 Å². The predicted molar refractivity (Wildman–Crippen MR) is 69.4 cm³/mol. The standard InChI is InChI=1S/C15H24O/c1-12(2)6-4-7-13(3)8-5-9-15(16)14-10-11-14/h6,8,14H,4-5,7,9-11H2,1-3H3/b13-8+. The molecule has 1 aliphatic rings. The van der Waals surface area contributed by atoms with Crippen LogP contribution >= 0.6 is 0 Å². The summed E-state index contributed by atoms with van der Waals surface area (Å²) in [6, 6.07) is 0. The van der Waals surface area contributed by atoms with E-state index in [0.29, 0.717) is 11.7 Å². The first-order valence-corrected chi connectivity index (χ1v) is 6.41. The van der Waals surface area contributed by atoms with Crippen molar-refractivity contribution in [3.8, 4) is 0 Å². The molecule has 0 aromatic rings. The van der Waals surface area contributed by atoms with Crippen LogP contribution in [-0.2, 0) is 4.79 Å². The molecule has 0 amide bonds. The molecule has 1 saturated carbocycles. The third-order valence-corrected chi connectivity index (χ3v) is 3.01. The molecule has 1 fully saturated rings. The molecular formula is C15H24O. The first-order valence-electron chi connectivity index (χ1n) is 6.41. The third kappa shape index (κ3) is 5.89. The maximum absolute atomic E-state index is 11.5. The monoisotopic (exact) mass is 220 g/mol. The molecule has 16 heavy (non-hydrogen) atoms. The van der Waals surface area contributed by atoms with E-state index in [4.69, 9.17) is 0 Å². The average molecular weight is 220 g/mol. The van der Waals surface area contributed by atoms with Crippen molar-refractivity contribution >= 4 is 5.78 Å². The Morgan fingerprint density at radius 1 is 1.06 bits per heavy atom. The van der Waals surface area contributed by atoms with Crippen molar-refractivity contribution in [2.24, 2.45) is 5.92 Å². The van der Waals surface area contributed by atoms with Crippen molar-refractivity contribution in [1.29, 1.82) is 0 Å². The van der Waals surface area contributed by atoms with Gasteiger partial charge in [0.05, 0.1) is 0 Å². The van der Waals surface area contributed by atoms with Crippen LogP contribution in [0.4, 0.5) is 0 Å². The second kappa shape index (κ2) is 6.67. The quantitative estimate of drug-likeness (QED) is 0.580. The molecule has 0 N–H and O–H groups in total. The van der Waals surface area contributed by atoms with Gasteiger partial charge in [-0.25, -0.2) is 0 Å². The summed E-state index contributed by atoms with van der Waals surface area (Å²) in [5, 5.41) is 0. The van der Waals surface area contributed by atoms with Crippen molar-refractivity contribution in [3.63, 3.8) is 0 Å². The zero-order valence-corrected chi connectivity index (χ0v) is 10.9. The summed E-state index contributed by atoms with van der Waals surface area (Å²) >= 11 is 0. The van der Waals surface area contributed by atoms with Crippen LogP contribution in [0.1, 0.15) is 59.3 Å². The van der Waals surface area contributed by atoms with Gasteiger partial charge in [-0.05, 0) is 52.9 Å². The molecule has 1 aliphatic carbocycles. The van der Waals surface area contributed by atoms with Crippen molar-refractivity contribution in [2.45, 2.75) is 59.3 Å². The van der Waals surface area contributed by atoms with Crippen molar-refractivity contribution in [2.75, 3.05) is 0 Å². The van der Waals surface area contributed by atoms with E-state index >= 15 is 0 Å². The minimum atomic E-state index is 0.430. The third-order valence-electron chi connectivity index (χ3n) is 3.01. The summed E-state index contributed by atoms with van der Waals surface area (Å²) in [4.78, 5) is 11.5. The maximum atomic E-state index is 11.5. The SMILES string of the molecule is CC(C)=CCC/C(C)=C/CCC(=O)C1CC1. The Labute approximate surface area is 99.6 Å². The highest BCUT2D eigenvalue weighted by molar-refractivity contribution is 5.83. The number of hydrogen-bond acceptors (Lipinski definition) is 1. The Morgan fingerprint density at radius 2 is 1.69 bits per heavy atom. The lowest BCUT2D eigenvalue weighted by Gasteiger charge is -1.99. The molecule has 0 saturated heterocycles. The van der Waals surface area contributed by atoms with Gasteiger partial charge in [-0.15, -0.1) is 0 Å². The van der Waals surface area contributed by atoms with Crippen molar-refractivity contribution < 1.29 is 4.79 Å². The summed E-state index contributed by atoms with van der Waals surface area (Å²) in [7, 11) is 0. The molecule has 0 aromatic carbocycles. The summed E-state index contributed by atoms with van der Waals surface area (Å²) in [5.74, 6) is 0.910. The summed E-state index contributed by atoms with van der Waals surface area (Å²) in [5.41, 5.74) is 2.80. The predicted octanol–water partition coefficient (Wildman–Crippen LogP) is 4.44. The molecule has 0 bridgehead atoms. The normalized spacial score (nSPS) is 16.1. The number of hydrogen-bond donors (Lipinski definition) is 0. The van der Waals surface area contributed by atoms with Crippen LogP contribution in [0.3, 0.4) is 0 Å². The van der Waals surface area contributed by atoms with Gasteiger partial charge < -0.3 is 0 Å². The summed E-state index contributed by atoms with van der Waals surface area (Å²) < 4.78 is 0. The van der Waals surface area contributed by atoms with Gasteiger partial charge >= 0.3 is 0 Å². The molecule has 0 spiro atoms. The van der Waals surface area contributed by atoms with Gasteiger partial charge in [-0.3, -0.25) is 4.79 Å². The molecule has 0 aromatic heterocycles. The number of ketones is 1. The van der Waals surface area contributed by atoms with E-state index in [9.17, 15) is 4.79 Å². The second-order valence-corrected chi connectivity index (χ2v) is 5.15. The fraction of sp³-hybridized carbons (Fsp3) is 0.667. The van der Waals surface area contributed by atoms with Gasteiger partial charge in [0.15, 0.2) is 0 Å². The first kappa shape index (κ1) is 13.2. The zero-order valence-electron chi connectivity index (χ0n) is 10.9. The number of rotatable bonds is 7. The van der Waals surface area contributed by atoms with E-state index in [0.717, 1.165) is 38.5 Å². The molecular weight excluding hydrogens is 196 g/mol. The number of allylic oxidation sites excluding steroid dienone is 4. The van der Waals surface area contributed by atoms with Crippen LogP contribution in [0.5, 0.6) is 0 Å². The van der Waals surface area contributed by atoms with Crippen LogP contribution in [0, 0.1) is 5.92 Å². The molecule has 0 heterocycles. The van der Waals surface area contributed by atoms with Gasteiger partial charge in [0.1, 0.15) is 5.78 Å². The summed E-state index contributed by atoms with van der Waals surface area (Å²) in [6.45, 7) is 6.43. The van der Waals surface area contributed by atoms with E-state index in [1.807, 2.05) is 0 Å². The van der Waals surface area contributed by atoms with E-state index < -0.39 is 0 Å². The Balaban J connectivity index is 2.12. The molecule has 1 nitrogen and oxygen atoms in total. The van der Waals surface area contributed by atoms with Crippen LogP contribution < -0.4 is 0 Å². The minimum absolute atomic E-state index is 0.430. The fourth-order valence-electron chi connectivity index (χ4n) is 1.76. The molecule has 0 aliphatic heterocycles. The van der Waals surface area contributed by atoms with Crippen LogP contribution in [-0.4, -0.2) is 5.78 Å². The highest BCUT2D eigenvalue weighted by Crippen LogP contribution is 2.31. The minimum Gasteiger partial charge on any atom is -0.299 e. The molecule has 0 radical (unpaired) electrons. The highest BCUT2D eigenvalue weighted by Gasteiger charge is 2.28. The molecule has 0 atom stereocenters. The van der Waals surface area contributed by atoms with E-state index in [-0.39, 0.29) is 0 Å². The van der Waals surface area contributed by atoms with Crippen LogP contribution in [0.2, 0.25) is 0 Å². The van der Waals surface area contributed by atoms with E-state index in [1.165, 1.54) is 11.1 Å². The van der Waals surface area contributed by atoms with Crippen molar-refractivity contribution in [1.82, 2.24) is 0 Å². The summed E-state index contributed by atoms with van der Waals surface area (Å²) in [6.07, 6.45) is 10.7. The molecule has 1 rings (SSSR count). The largest absolute Gasteiger partial charge is 0.299 e. The topological polar surface area (TPSA) is 17.1 Å². The Hall–Kier alpha value is -0.850. The lowest BCUT2D eigenvalue weighted by molar-refractivity contribution is -0.120. The van der Waals surface area contributed by atoms with Gasteiger partial charge in [-0.1, -0.05) is 23.3 Å². The number of carbonyl (C=O) groups is 1. The number of Topliss-reactive ketones (excluding diaryl/α,β-unsaturated/α-hetero) is 1. The zero-order chi connectivity index (χ0) is 12.0. The smallest absolute Gasteiger partial charge is 0.136 e. The van der Waals surface area contributed by atoms with Gasteiger partial charge in [0.25, 0.3) is 0 Å². The number of carbonyl (C=O) groups excluding carboxylic acids is 1. The van der Waals surface area contributed by atoms with Crippen LogP contribution in [0.25, 0.3) is 0 Å². The van der Waals surface area contributed by atoms with Gasteiger partial charge in [0.2, 0.25) is 0 Å². The fourth-order valence-corrected chi connectivity index (χ4v) is 1.76. The first-order chi connectivity index (χ1) is 7.59. The lowest BCUT2D eigenvalue weighted by atomic mass is 10.1. The second-order valence-electron chi connectivity index (χ2n) is 5.15. The average Bonchev–Trinajstić information content (AvgIpc) is 2.99. The Morgan fingerprint density at radius 3 is 2.25 bits per heavy atom. The Kier molecular flexibility index (Phi) is 5.51. The highest BCUT2D eigenvalue weighted by atomic mass is 16.1. The molecule has 90 valence electrons. The molecule has 1 heteroatoms. The van der Waals surface area contributed by atoms with E-state index in [2.05, 4.69) is 32.9 Å². The van der Waals surface area contributed by atoms with Gasteiger partial charge in [-0.2, -0.15) is 0 Å².